The Morgan fingerprint density at radius 1 is 1.21 bits per heavy atom. The number of hydrogen-bond donors (Lipinski definition) is 2. The van der Waals surface area contributed by atoms with Crippen molar-refractivity contribution in [2.24, 2.45) is 0 Å². The Balaban J connectivity index is 0.000000555. The molecule has 0 unspecified atom stereocenters. The van der Waals surface area contributed by atoms with Crippen molar-refractivity contribution < 1.29 is 24.8 Å². The molecule has 5 heteroatoms. The van der Waals surface area contributed by atoms with Crippen molar-refractivity contribution >= 4 is 5.97 Å². The molecule has 0 aliphatic rings. The molecule has 0 aliphatic heterocycles. The molecule has 108 valence electrons. The maximum Gasteiger partial charge on any atom is 0.329 e. The van der Waals surface area contributed by atoms with E-state index in [4.69, 9.17) is 24.8 Å². The van der Waals surface area contributed by atoms with Crippen LogP contribution in [0, 0.1) is 0 Å². The van der Waals surface area contributed by atoms with Crippen LogP contribution in [0.4, 0.5) is 0 Å². The zero-order chi connectivity index (χ0) is 14.9. The molecule has 19 heavy (non-hydrogen) atoms. The van der Waals surface area contributed by atoms with E-state index < -0.39 is 12.6 Å². The summed E-state index contributed by atoms with van der Waals surface area (Å²) in [4.78, 5) is 19.0. The largest absolute Gasteiger partial charge is 0.480 e. The second-order valence-corrected chi connectivity index (χ2v) is 4.82. The summed E-state index contributed by atoms with van der Waals surface area (Å²) >= 11 is 0. The van der Waals surface area contributed by atoms with Crippen molar-refractivity contribution in [2.45, 2.75) is 33.1 Å². The molecule has 0 spiro atoms. The molecular formula is C14H22O5. The third-order valence-electron chi connectivity index (χ3n) is 2.13. The third kappa shape index (κ3) is 8.18. The lowest BCUT2D eigenvalue weighted by Crippen LogP contribution is -2.10. The van der Waals surface area contributed by atoms with Gasteiger partial charge in [0.1, 0.15) is 6.61 Å². The molecule has 0 saturated heterocycles. The van der Waals surface area contributed by atoms with E-state index in [1.165, 1.54) is 5.56 Å². The van der Waals surface area contributed by atoms with Crippen LogP contribution in [0.3, 0.4) is 0 Å². The van der Waals surface area contributed by atoms with Crippen molar-refractivity contribution in [1.29, 1.82) is 0 Å². The highest BCUT2D eigenvalue weighted by Gasteiger charge is 2.12. The zero-order valence-electron chi connectivity index (χ0n) is 11.8. The van der Waals surface area contributed by atoms with Gasteiger partial charge in [-0.2, -0.15) is 4.89 Å². The molecule has 0 radical (unpaired) electrons. The highest BCUT2D eigenvalue weighted by atomic mass is 17.2. The molecular weight excluding hydrogens is 248 g/mol. The van der Waals surface area contributed by atoms with Gasteiger partial charge >= 0.3 is 5.97 Å². The predicted molar refractivity (Wildman–Crippen MR) is 72.1 cm³/mol. The molecule has 5 nitrogen and oxygen atoms in total. The van der Waals surface area contributed by atoms with Crippen LogP contribution in [0.25, 0.3) is 0 Å². The van der Waals surface area contributed by atoms with Gasteiger partial charge < -0.3 is 15.1 Å². The highest BCUT2D eigenvalue weighted by Crippen LogP contribution is 2.24. The summed E-state index contributed by atoms with van der Waals surface area (Å²) in [5.74, 6) is -0.440. The van der Waals surface area contributed by atoms with Crippen LogP contribution in [0.1, 0.15) is 33.3 Å². The molecule has 0 atom stereocenters. The van der Waals surface area contributed by atoms with Crippen molar-refractivity contribution in [2.75, 3.05) is 13.2 Å². The topological polar surface area (TPSA) is 76.0 Å². The summed E-state index contributed by atoms with van der Waals surface area (Å²) in [6.07, 6.45) is 0. The van der Waals surface area contributed by atoms with Gasteiger partial charge in [-0.05, 0) is 30.0 Å². The number of benzene rings is 1. The summed E-state index contributed by atoms with van der Waals surface area (Å²) in [5, 5.41) is 15.0. The van der Waals surface area contributed by atoms with Gasteiger partial charge in [-0.15, -0.1) is 0 Å². The van der Waals surface area contributed by atoms with Gasteiger partial charge in [0.05, 0.1) is 6.61 Å². The Morgan fingerprint density at radius 3 is 2.00 bits per heavy atom. The van der Waals surface area contributed by atoms with Crippen molar-refractivity contribution in [3.05, 3.63) is 29.8 Å². The number of aliphatic hydroxyl groups is 1. The van der Waals surface area contributed by atoms with Gasteiger partial charge in [0.2, 0.25) is 0 Å². The summed E-state index contributed by atoms with van der Waals surface area (Å²) in [5.41, 5.74) is 1.48. The maximum atomic E-state index is 9.12. The minimum atomic E-state index is -1.19. The van der Waals surface area contributed by atoms with Gasteiger partial charge in [0.15, 0.2) is 5.75 Å². The van der Waals surface area contributed by atoms with Gasteiger partial charge in [-0.3, -0.25) is 0 Å². The van der Waals surface area contributed by atoms with Crippen LogP contribution >= 0.6 is 0 Å². The normalized spacial score (nSPS) is 10.4. The minimum Gasteiger partial charge on any atom is -0.480 e. The summed E-state index contributed by atoms with van der Waals surface area (Å²) in [7, 11) is 0. The Bertz CT molecular complexity index is 364. The summed E-state index contributed by atoms with van der Waals surface area (Å²) < 4.78 is 0. The first-order valence-electron chi connectivity index (χ1n) is 6.04. The van der Waals surface area contributed by atoms with Gasteiger partial charge in [0, 0.05) is 0 Å². The van der Waals surface area contributed by atoms with Crippen LogP contribution in [-0.4, -0.2) is 29.4 Å². The van der Waals surface area contributed by atoms with Crippen LogP contribution < -0.4 is 4.89 Å². The Kier molecular flexibility index (Phi) is 7.79. The Hall–Kier alpha value is -1.59. The van der Waals surface area contributed by atoms with E-state index in [9.17, 15) is 0 Å². The van der Waals surface area contributed by atoms with E-state index in [0.717, 1.165) is 5.75 Å². The SMILES string of the molecule is CCOOc1ccc(C(C)(C)C)cc1.O=C(O)CO. The molecule has 0 aliphatic carbocycles. The van der Waals surface area contributed by atoms with Crippen LogP contribution in [0.15, 0.2) is 24.3 Å². The molecule has 0 amide bonds. The Labute approximate surface area is 113 Å². The van der Waals surface area contributed by atoms with E-state index in [1.54, 1.807) is 0 Å². The average molecular weight is 270 g/mol. The number of aliphatic carboxylic acids is 1. The van der Waals surface area contributed by atoms with E-state index in [-0.39, 0.29) is 5.41 Å². The molecule has 0 bridgehead atoms. The fourth-order valence-corrected chi connectivity index (χ4v) is 1.14. The predicted octanol–water partition coefficient (Wildman–Crippen LogP) is 2.38. The van der Waals surface area contributed by atoms with Gasteiger partial charge in [-0.1, -0.05) is 32.9 Å². The van der Waals surface area contributed by atoms with Crippen molar-refractivity contribution in [3.63, 3.8) is 0 Å². The van der Waals surface area contributed by atoms with Crippen molar-refractivity contribution in [3.8, 4) is 5.75 Å². The molecule has 0 heterocycles. The number of hydrogen-bond acceptors (Lipinski definition) is 4. The first kappa shape index (κ1) is 17.4. The first-order chi connectivity index (χ1) is 8.81. The lowest BCUT2D eigenvalue weighted by molar-refractivity contribution is -0.202. The van der Waals surface area contributed by atoms with E-state index >= 15 is 0 Å². The number of carbonyl (C=O) groups is 1. The number of carboxylic acids is 1. The quantitative estimate of drug-likeness (QED) is 0.649. The van der Waals surface area contributed by atoms with E-state index in [2.05, 4.69) is 32.9 Å². The third-order valence-corrected chi connectivity index (χ3v) is 2.13. The lowest BCUT2D eigenvalue weighted by Gasteiger charge is -2.18. The lowest BCUT2D eigenvalue weighted by atomic mass is 9.87. The smallest absolute Gasteiger partial charge is 0.329 e. The first-order valence-corrected chi connectivity index (χ1v) is 6.04. The monoisotopic (exact) mass is 270 g/mol. The number of rotatable bonds is 4. The molecule has 1 aromatic carbocycles. The Morgan fingerprint density at radius 2 is 1.68 bits per heavy atom. The molecule has 0 aromatic heterocycles. The van der Waals surface area contributed by atoms with E-state index in [1.807, 2.05) is 19.1 Å². The molecule has 0 saturated carbocycles. The summed E-state index contributed by atoms with van der Waals surface area (Å²) in [6, 6.07) is 7.98. The average Bonchev–Trinajstić information content (AvgIpc) is 2.36. The van der Waals surface area contributed by atoms with Crippen LogP contribution in [0.2, 0.25) is 0 Å². The second-order valence-electron chi connectivity index (χ2n) is 4.82. The maximum absolute atomic E-state index is 9.12. The number of aliphatic hydroxyl groups excluding tert-OH is 1. The molecule has 1 rings (SSSR count). The second kappa shape index (κ2) is 8.50. The fraction of sp³-hybridized carbons (Fsp3) is 0.500. The number of carboxylic acid groups (broad SMARTS) is 1. The van der Waals surface area contributed by atoms with E-state index in [0.29, 0.717) is 6.61 Å². The fourth-order valence-electron chi connectivity index (χ4n) is 1.14. The standard InChI is InChI=1S/C12H18O2.C2H4O3/c1-5-13-14-11-8-6-10(7-9-11)12(2,3)4;3-1-2(4)5/h6-9H,5H2,1-4H3;3H,1H2,(H,4,5). The summed E-state index contributed by atoms with van der Waals surface area (Å²) in [6.45, 7) is 8.23. The zero-order valence-corrected chi connectivity index (χ0v) is 11.8. The van der Waals surface area contributed by atoms with Crippen LogP contribution in [0.5, 0.6) is 5.75 Å². The van der Waals surface area contributed by atoms with Gasteiger partial charge in [-0.25, -0.2) is 4.79 Å². The van der Waals surface area contributed by atoms with Gasteiger partial charge in [0.25, 0.3) is 0 Å². The highest BCUT2D eigenvalue weighted by molar-refractivity contribution is 5.67. The van der Waals surface area contributed by atoms with Crippen molar-refractivity contribution in [1.82, 2.24) is 0 Å². The minimum absolute atomic E-state index is 0.185. The molecule has 0 fully saturated rings. The molecule has 2 N–H and O–H groups in total. The molecule has 1 aromatic rings. The van der Waals surface area contributed by atoms with Crippen LogP contribution in [-0.2, 0) is 15.1 Å².